The Balaban J connectivity index is 1.30. The highest BCUT2D eigenvalue weighted by Crippen LogP contribution is 2.31. The maximum Gasteiger partial charge on any atom is 0.257 e. The topological polar surface area (TPSA) is 112 Å². The van der Waals surface area contributed by atoms with Gasteiger partial charge in [0.15, 0.2) is 11.0 Å². The van der Waals surface area contributed by atoms with Gasteiger partial charge in [-0.05, 0) is 48.4 Å². The van der Waals surface area contributed by atoms with Crippen LogP contribution in [0.5, 0.6) is 0 Å². The number of amides is 1. The third kappa shape index (κ3) is 4.25. The molecule has 0 radical (unpaired) electrons. The lowest BCUT2D eigenvalue weighted by atomic mass is 10.0. The van der Waals surface area contributed by atoms with Crippen LogP contribution in [-0.2, 0) is 6.42 Å². The van der Waals surface area contributed by atoms with Gasteiger partial charge in [0.25, 0.3) is 5.91 Å². The van der Waals surface area contributed by atoms with Gasteiger partial charge in [-0.2, -0.15) is 10.2 Å². The Morgan fingerprint density at radius 3 is 2.69 bits per heavy atom. The number of carbonyl (C=O) groups excluding carboxylic acids is 1. The average Bonchev–Trinajstić information content (AvgIpc) is 3.61. The molecule has 0 bridgehead atoms. The van der Waals surface area contributed by atoms with E-state index < -0.39 is 0 Å². The number of H-pyrrole nitrogens is 2. The second-order valence-corrected chi connectivity index (χ2v) is 10.1. The van der Waals surface area contributed by atoms with Gasteiger partial charge in [-0.1, -0.05) is 49.4 Å². The van der Waals surface area contributed by atoms with Gasteiger partial charge in [0.2, 0.25) is 0 Å². The van der Waals surface area contributed by atoms with Crippen LogP contribution in [0.3, 0.4) is 0 Å². The molecule has 0 spiro atoms. The van der Waals surface area contributed by atoms with Gasteiger partial charge in [0.05, 0.1) is 21.4 Å². The number of thiazole rings is 1. The number of nitrogens with one attached hydrogen (secondary N) is 3. The predicted molar refractivity (Wildman–Crippen MR) is 143 cm³/mol. The van der Waals surface area contributed by atoms with E-state index in [-0.39, 0.29) is 5.91 Å². The molecule has 9 heteroatoms. The van der Waals surface area contributed by atoms with E-state index >= 15 is 0 Å². The van der Waals surface area contributed by atoms with Crippen LogP contribution >= 0.6 is 11.3 Å². The fourth-order valence-electron chi connectivity index (χ4n) is 4.18. The summed E-state index contributed by atoms with van der Waals surface area (Å²) < 4.78 is 1.03. The highest BCUT2D eigenvalue weighted by atomic mass is 32.1. The van der Waals surface area contributed by atoms with E-state index in [9.17, 15) is 4.79 Å². The number of carbonyl (C=O) groups is 1. The number of rotatable bonds is 6. The summed E-state index contributed by atoms with van der Waals surface area (Å²) in [5, 5.41) is 19.5. The Morgan fingerprint density at radius 1 is 0.944 bits per heavy atom. The lowest BCUT2D eigenvalue weighted by molar-refractivity contribution is 0.102. The zero-order valence-corrected chi connectivity index (χ0v) is 20.6. The molecular weight excluding hydrogens is 470 g/mol. The smallest absolute Gasteiger partial charge is 0.257 e. The number of fused-ring (bicyclic) bond motifs is 2. The summed E-state index contributed by atoms with van der Waals surface area (Å²) in [5.41, 5.74) is 4.81. The fraction of sp³-hybridized carbons (Fsp3) is 0.148. The molecule has 6 rings (SSSR count). The van der Waals surface area contributed by atoms with Gasteiger partial charge < -0.3 is 0 Å². The fourth-order valence-corrected chi connectivity index (χ4v) is 5.04. The zero-order valence-electron chi connectivity index (χ0n) is 19.7. The first kappa shape index (κ1) is 22.1. The normalized spacial score (nSPS) is 11.5. The maximum absolute atomic E-state index is 13.0. The molecule has 0 unspecified atom stereocenters. The SMILES string of the molecule is CC(C)Cc1nc(-c2ccc3[nH]nc(-c4cccc(C(=O)Nc5nc6ccccc6s5)c4)c3c2)n[nH]1. The van der Waals surface area contributed by atoms with Gasteiger partial charge >= 0.3 is 0 Å². The Kier molecular flexibility index (Phi) is 5.54. The monoisotopic (exact) mass is 493 g/mol. The first-order chi connectivity index (χ1) is 17.5. The first-order valence-electron chi connectivity index (χ1n) is 11.7. The number of hydrogen-bond acceptors (Lipinski definition) is 6. The minimum atomic E-state index is -0.213. The molecule has 0 fully saturated rings. The first-order valence-corrected chi connectivity index (χ1v) is 12.5. The Bertz CT molecular complexity index is 1680. The van der Waals surface area contributed by atoms with Crippen LogP contribution in [0, 0.1) is 5.92 Å². The Morgan fingerprint density at radius 2 is 1.83 bits per heavy atom. The summed E-state index contributed by atoms with van der Waals surface area (Å²) in [7, 11) is 0. The molecular formula is C27H23N7OS. The number of aromatic amines is 2. The average molecular weight is 494 g/mol. The number of benzene rings is 3. The van der Waals surface area contributed by atoms with E-state index in [2.05, 4.69) is 49.5 Å². The highest BCUT2D eigenvalue weighted by molar-refractivity contribution is 7.22. The van der Waals surface area contributed by atoms with Gasteiger partial charge in [-0.15, -0.1) is 0 Å². The van der Waals surface area contributed by atoms with Crippen molar-refractivity contribution in [1.29, 1.82) is 0 Å². The summed E-state index contributed by atoms with van der Waals surface area (Å²) in [4.78, 5) is 22.2. The van der Waals surface area contributed by atoms with E-state index in [1.165, 1.54) is 11.3 Å². The highest BCUT2D eigenvalue weighted by Gasteiger charge is 2.15. The van der Waals surface area contributed by atoms with Crippen molar-refractivity contribution in [3.05, 3.63) is 78.1 Å². The summed E-state index contributed by atoms with van der Waals surface area (Å²) in [5.74, 6) is 1.81. The molecule has 3 N–H and O–H groups in total. The minimum absolute atomic E-state index is 0.213. The molecule has 0 atom stereocenters. The molecule has 36 heavy (non-hydrogen) atoms. The van der Waals surface area contributed by atoms with Crippen LogP contribution in [0.1, 0.15) is 30.0 Å². The molecule has 3 aromatic carbocycles. The second kappa shape index (κ2) is 9.01. The van der Waals surface area contributed by atoms with E-state index in [1.54, 1.807) is 6.07 Å². The van der Waals surface area contributed by atoms with Gasteiger partial charge in [-0.25, -0.2) is 9.97 Å². The van der Waals surface area contributed by atoms with Crippen LogP contribution < -0.4 is 5.32 Å². The standard InChI is InChI=1S/C27H23N7OS/c1-15(2)12-23-29-25(34-32-23)17-10-11-20-19(14-17)24(33-31-20)16-6-5-7-18(13-16)26(35)30-27-28-21-8-3-4-9-22(21)36-27/h3-11,13-15H,12H2,1-2H3,(H,31,33)(H,28,30,35)(H,29,32,34). The van der Waals surface area contributed by atoms with E-state index in [0.717, 1.165) is 50.2 Å². The predicted octanol–water partition coefficient (Wildman–Crippen LogP) is 6.08. The lowest BCUT2D eigenvalue weighted by Gasteiger charge is -2.05. The zero-order chi connectivity index (χ0) is 24.6. The Labute approximate surface area is 210 Å². The molecule has 0 aliphatic heterocycles. The van der Waals surface area contributed by atoms with Crippen molar-refractivity contribution in [3.8, 4) is 22.6 Å². The maximum atomic E-state index is 13.0. The van der Waals surface area contributed by atoms with Crippen molar-refractivity contribution in [1.82, 2.24) is 30.4 Å². The van der Waals surface area contributed by atoms with Crippen LogP contribution in [-0.4, -0.2) is 36.3 Å². The van der Waals surface area contributed by atoms with E-state index in [1.807, 2.05) is 60.7 Å². The third-order valence-corrected chi connectivity index (χ3v) is 6.82. The van der Waals surface area contributed by atoms with E-state index in [0.29, 0.717) is 22.4 Å². The van der Waals surface area contributed by atoms with Crippen molar-refractivity contribution in [3.63, 3.8) is 0 Å². The number of nitrogens with zero attached hydrogens (tertiary/aromatic N) is 4. The summed E-state index contributed by atoms with van der Waals surface area (Å²) in [6, 6.07) is 21.2. The second-order valence-electron chi connectivity index (χ2n) is 9.06. The molecule has 0 saturated heterocycles. The molecule has 3 heterocycles. The van der Waals surface area contributed by atoms with Crippen molar-refractivity contribution in [2.75, 3.05) is 5.32 Å². The number of para-hydroxylation sites is 1. The molecule has 1 amide bonds. The summed E-state index contributed by atoms with van der Waals surface area (Å²) in [6.07, 6.45) is 0.845. The van der Waals surface area contributed by atoms with Crippen molar-refractivity contribution >= 4 is 43.5 Å². The molecule has 0 saturated carbocycles. The largest absolute Gasteiger partial charge is 0.298 e. The van der Waals surface area contributed by atoms with Crippen molar-refractivity contribution < 1.29 is 4.79 Å². The minimum Gasteiger partial charge on any atom is -0.298 e. The summed E-state index contributed by atoms with van der Waals surface area (Å²) in [6.45, 7) is 4.30. The van der Waals surface area contributed by atoms with Crippen LogP contribution in [0.15, 0.2) is 66.7 Å². The molecule has 3 aromatic heterocycles. The van der Waals surface area contributed by atoms with Crippen LogP contribution in [0.25, 0.3) is 43.8 Å². The van der Waals surface area contributed by atoms with Gasteiger partial charge in [0, 0.05) is 28.5 Å². The molecule has 6 aromatic rings. The Hall–Kier alpha value is -4.37. The van der Waals surface area contributed by atoms with Crippen molar-refractivity contribution in [2.45, 2.75) is 20.3 Å². The van der Waals surface area contributed by atoms with Crippen LogP contribution in [0.2, 0.25) is 0 Å². The molecule has 8 nitrogen and oxygen atoms in total. The van der Waals surface area contributed by atoms with Gasteiger partial charge in [-0.3, -0.25) is 20.3 Å². The third-order valence-electron chi connectivity index (χ3n) is 5.87. The number of anilines is 1. The molecule has 0 aliphatic rings. The van der Waals surface area contributed by atoms with Gasteiger partial charge in [0.1, 0.15) is 5.82 Å². The lowest BCUT2D eigenvalue weighted by Crippen LogP contribution is -2.11. The number of aromatic nitrogens is 6. The van der Waals surface area contributed by atoms with Crippen molar-refractivity contribution in [2.24, 2.45) is 5.92 Å². The quantitative estimate of drug-likeness (QED) is 0.260. The molecule has 0 aliphatic carbocycles. The molecule has 178 valence electrons. The van der Waals surface area contributed by atoms with Crippen LogP contribution in [0.4, 0.5) is 5.13 Å². The number of hydrogen-bond donors (Lipinski definition) is 3. The summed E-state index contributed by atoms with van der Waals surface area (Å²) >= 11 is 1.45. The van der Waals surface area contributed by atoms with E-state index in [4.69, 9.17) is 0 Å².